The minimum atomic E-state index is 0.367. The molecule has 0 unspecified atom stereocenters. The monoisotopic (exact) mass is 248 g/mol. The third kappa shape index (κ3) is 3.12. The van der Waals surface area contributed by atoms with E-state index in [0.717, 1.165) is 17.7 Å². The Morgan fingerprint density at radius 1 is 1.44 bits per heavy atom. The molecule has 0 atom stereocenters. The summed E-state index contributed by atoms with van der Waals surface area (Å²) in [6, 6.07) is 3.65. The minimum Gasteiger partial charge on any atom is -0.373 e. The average molecular weight is 248 g/mol. The van der Waals surface area contributed by atoms with E-state index < -0.39 is 0 Å². The molecular weight excluding hydrogens is 232 g/mol. The molecule has 2 N–H and O–H groups in total. The Bertz CT molecular complexity index is 498. The summed E-state index contributed by atoms with van der Waals surface area (Å²) < 4.78 is 10.5. The van der Waals surface area contributed by atoms with Gasteiger partial charge in [-0.2, -0.15) is 4.98 Å². The van der Waals surface area contributed by atoms with Crippen LogP contribution in [-0.2, 0) is 17.9 Å². The van der Waals surface area contributed by atoms with Crippen LogP contribution in [0.4, 0.5) is 0 Å². The Morgan fingerprint density at radius 3 is 3.11 bits per heavy atom. The van der Waals surface area contributed by atoms with Crippen LogP contribution in [0.2, 0.25) is 0 Å². The first-order chi connectivity index (χ1) is 8.83. The van der Waals surface area contributed by atoms with E-state index in [1.807, 2.05) is 19.1 Å². The lowest BCUT2D eigenvalue weighted by Gasteiger charge is -1.97. The van der Waals surface area contributed by atoms with Crippen molar-refractivity contribution in [3.8, 4) is 11.5 Å². The molecule has 0 spiro atoms. The van der Waals surface area contributed by atoms with Crippen molar-refractivity contribution in [1.82, 2.24) is 15.1 Å². The fourth-order valence-corrected chi connectivity index (χ4v) is 1.46. The maximum atomic E-state index is 5.53. The van der Waals surface area contributed by atoms with Gasteiger partial charge in [0.1, 0.15) is 6.61 Å². The van der Waals surface area contributed by atoms with Crippen molar-refractivity contribution in [2.24, 2.45) is 5.73 Å². The fraction of sp³-hybridized carbons (Fsp3) is 0.417. The first-order valence-corrected chi connectivity index (χ1v) is 5.89. The summed E-state index contributed by atoms with van der Waals surface area (Å²) in [4.78, 5) is 8.37. The van der Waals surface area contributed by atoms with Gasteiger partial charge in [0, 0.05) is 24.9 Å². The average Bonchev–Trinajstić information content (AvgIpc) is 2.88. The lowest BCUT2D eigenvalue weighted by atomic mass is 10.2. The van der Waals surface area contributed by atoms with Crippen molar-refractivity contribution >= 4 is 0 Å². The molecule has 0 radical (unpaired) electrons. The van der Waals surface area contributed by atoms with Gasteiger partial charge in [-0.05, 0) is 18.6 Å². The van der Waals surface area contributed by atoms with Crippen LogP contribution in [0.3, 0.4) is 0 Å². The maximum absolute atomic E-state index is 5.53. The Hall–Kier alpha value is -1.79. The topological polar surface area (TPSA) is 87.1 Å². The zero-order valence-corrected chi connectivity index (χ0v) is 10.3. The quantitative estimate of drug-likeness (QED) is 0.780. The first-order valence-electron chi connectivity index (χ1n) is 5.89. The number of hydrogen-bond acceptors (Lipinski definition) is 6. The van der Waals surface area contributed by atoms with Crippen LogP contribution in [0.1, 0.15) is 24.9 Å². The highest BCUT2D eigenvalue weighted by Crippen LogP contribution is 2.17. The number of nitrogens with two attached hydrogens (primary N) is 1. The number of pyridine rings is 1. The van der Waals surface area contributed by atoms with Crippen molar-refractivity contribution in [3.05, 3.63) is 29.8 Å². The summed E-state index contributed by atoms with van der Waals surface area (Å²) in [5.41, 5.74) is 7.14. The van der Waals surface area contributed by atoms with Crippen LogP contribution in [0.25, 0.3) is 11.5 Å². The SMILES string of the molecule is CCCOCc1noc(-c2ccnc(CN)c2)n1. The molecule has 2 aromatic heterocycles. The van der Waals surface area contributed by atoms with E-state index in [0.29, 0.717) is 31.5 Å². The molecule has 18 heavy (non-hydrogen) atoms. The standard InChI is InChI=1S/C12H16N4O2/c1-2-5-17-8-11-15-12(18-16-11)9-3-4-14-10(6-9)7-13/h3-4,6H,2,5,7-8,13H2,1H3. The predicted molar refractivity (Wildman–Crippen MR) is 65.4 cm³/mol. The molecule has 0 aliphatic carbocycles. The normalized spacial score (nSPS) is 10.8. The first kappa shape index (κ1) is 12.7. The molecule has 2 rings (SSSR count). The van der Waals surface area contributed by atoms with E-state index in [2.05, 4.69) is 15.1 Å². The van der Waals surface area contributed by atoms with Crippen molar-refractivity contribution in [2.45, 2.75) is 26.5 Å². The summed E-state index contributed by atoms with van der Waals surface area (Å²) in [5.74, 6) is 1.01. The van der Waals surface area contributed by atoms with Gasteiger partial charge in [-0.3, -0.25) is 4.98 Å². The number of hydrogen-bond donors (Lipinski definition) is 1. The van der Waals surface area contributed by atoms with Gasteiger partial charge in [-0.1, -0.05) is 12.1 Å². The number of rotatable bonds is 6. The van der Waals surface area contributed by atoms with Crippen molar-refractivity contribution < 1.29 is 9.26 Å². The molecule has 0 aromatic carbocycles. The lowest BCUT2D eigenvalue weighted by Crippen LogP contribution is -1.99. The second kappa shape index (κ2) is 6.23. The summed E-state index contributed by atoms with van der Waals surface area (Å²) in [5, 5.41) is 3.86. The summed E-state index contributed by atoms with van der Waals surface area (Å²) in [6.07, 6.45) is 2.64. The van der Waals surface area contributed by atoms with Crippen LogP contribution < -0.4 is 5.73 Å². The minimum absolute atomic E-state index is 0.367. The highest BCUT2D eigenvalue weighted by molar-refractivity contribution is 5.52. The summed E-state index contributed by atoms with van der Waals surface area (Å²) in [6.45, 7) is 3.49. The Kier molecular flexibility index (Phi) is 4.38. The van der Waals surface area contributed by atoms with E-state index in [-0.39, 0.29) is 0 Å². The highest BCUT2D eigenvalue weighted by Gasteiger charge is 2.09. The van der Waals surface area contributed by atoms with Crippen molar-refractivity contribution in [1.29, 1.82) is 0 Å². The van der Waals surface area contributed by atoms with Gasteiger partial charge >= 0.3 is 0 Å². The molecular formula is C12H16N4O2. The van der Waals surface area contributed by atoms with Crippen LogP contribution in [-0.4, -0.2) is 21.7 Å². The van der Waals surface area contributed by atoms with Crippen LogP contribution >= 0.6 is 0 Å². The van der Waals surface area contributed by atoms with Crippen molar-refractivity contribution in [3.63, 3.8) is 0 Å². The molecule has 2 heterocycles. The Balaban J connectivity index is 2.08. The summed E-state index contributed by atoms with van der Waals surface area (Å²) in [7, 11) is 0. The summed E-state index contributed by atoms with van der Waals surface area (Å²) >= 11 is 0. The fourth-order valence-electron chi connectivity index (χ4n) is 1.46. The van der Waals surface area contributed by atoms with Gasteiger partial charge in [-0.25, -0.2) is 0 Å². The van der Waals surface area contributed by atoms with Gasteiger partial charge in [0.15, 0.2) is 5.82 Å². The third-order valence-electron chi connectivity index (χ3n) is 2.32. The molecule has 0 saturated carbocycles. The predicted octanol–water partition coefficient (Wildman–Crippen LogP) is 1.52. The highest BCUT2D eigenvalue weighted by atomic mass is 16.5. The van der Waals surface area contributed by atoms with Gasteiger partial charge in [0.25, 0.3) is 5.89 Å². The molecule has 0 saturated heterocycles. The van der Waals surface area contributed by atoms with Gasteiger partial charge in [0.05, 0.1) is 5.69 Å². The van der Waals surface area contributed by atoms with E-state index in [1.54, 1.807) is 6.20 Å². The second-order valence-corrected chi connectivity index (χ2v) is 3.81. The zero-order valence-electron chi connectivity index (χ0n) is 10.3. The number of nitrogens with zero attached hydrogens (tertiary/aromatic N) is 3. The Morgan fingerprint density at radius 2 is 2.33 bits per heavy atom. The second-order valence-electron chi connectivity index (χ2n) is 3.81. The van der Waals surface area contributed by atoms with E-state index >= 15 is 0 Å². The number of aromatic nitrogens is 3. The van der Waals surface area contributed by atoms with E-state index in [1.165, 1.54) is 0 Å². The molecule has 6 nitrogen and oxygen atoms in total. The molecule has 96 valence electrons. The molecule has 0 bridgehead atoms. The lowest BCUT2D eigenvalue weighted by molar-refractivity contribution is 0.114. The molecule has 0 aliphatic rings. The maximum Gasteiger partial charge on any atom is 0.258 e. The van der Waals surface area contributed by atoms with Crippen LogP contribution in [0, 0.1) is 0 Å². The van der Waals surface area contributed by atoms with Crippen LogP contribution in [0.5, 0.6) is 0 Å². The molecule has 2 aromatic rings. The van der Waals surface area contributed by atoms with Gasteiger partial charge in [-0.15, -0.1) is 0 Å². The van der Waals surface area contributed by atoms with Gasteiger partial charge < -0.3 is 15.0 Å². The number of ether oxygens (including phenoxy) is 1. The Labute approximate surface area is 105 Å². The molecule has 0 fully saturated rings. The zero-order chi connectivity index (χ0) is 12.8. The van der Waals surface area contributed by atoms with Crippen molar-refractivity contribution in [2.75, 3.05) is 6.61 Å². The van der Waals surface area contributed by atoms with Gasteiger partial charge in [0.2, 0.25) is 0 Å². The van der Waals surface area contributed by atoms with E-state index in [4.69, 9.17) is 15.0 Å². The molecule has 0 amide bonds. The molecule has 0 aliphatic heterocycles. The van der Waals surface area contributed by atoms with Crippen LogP contribution in [0.15, 0.2) is 22.9 Å². The third-order valence-corrected chi connectivity index (χ3v) is 2.32. The largest absolute Gasteiger partial charge is 0.373 e. The van der Waals surface area contributed by atoms with E-state index in [9.17, 15) is 0 Å². The molecule has 6 heteroatoms. The smallest absolute Gasteiger partial charge is 0.258 e.